The van der Waals surface area contributed by atoms with Gasteiger partial charge in [-0.25, -0.2) is 0 Å². The molecule has 0 aromatic heterocycles. The number of hydrogen-bond donors (Lipinski definition) is 3. The molecule has 1 saturated carbocycles. The van der Waals surface area contributed by atoms with E-state index in [9.17, 15) is 0 Å². The van der Waals surface area contributed by atoms with Crippen LogP contribution in [-0.2, 0) is 0 Å². The molecule has 0 spiro atoms. The minimum absolute atomic E-state index is 0.162. The lowest BCUT2D eigenvalue weighted by Gasteiger charge is -2.13. The van der Waals surface area contributed by atoms with Crippen molar-refractivity contribution in [3.8, 4) is 0 Å². The van der Waals surface area contributed by atoms with Gasteiger partial charge in [-0.2, -0.15) is 0 Å². The Balaban J connectivity index is 2.03. The summed E-state index contributed by atoms with van der Waals surface area (Å²) in [4.78, 5) is 0. The first-order valence-corrected chi connectivity index (χ1v) is 4.18. The molecule has 1 aliphatic rings. The molecule has 0 aliphatic heterocycles. The van der Waals surface area contributed by atoms with Crippen molar-refractivity contribution < 1.29 is 10.2 Å². The summed E-state index contributed by atoms with van der Waals surface area (Å²) in [6.45, 7) is 3.50. The van der Waals surface area contributed by atoms with Crippen LogP contribution in [0.1, 0.15) is 19.8 Å². The number of nitrogens with one attached hydrogen (secondary N) is 1. The van der Waals surface area contributed by atoms with E-state index in [1.54, 1.807) is 6.92 Å². The van der Waals surface area contributed by atoms with E-state index in [0.29, 0.717) is 6.54 Å². The van der Waals surface area contributed by atoms with Gasteiger partial charge in [0.15, 0.2) is 0 Å². The average molecular weight is 159 g/mol. The first kappa shape index (κ1) is 8.97. The molecule has 0 aromatic rings. The van der Waals surface area contributed by atoms with E-state index >= 15 is 0 Å². The molecule has 3 heteroatoms. The van der Waals surface area contributed by atoms with E-state index in [0.717, 1.165) is 19.4 Å². The molecule has 66 valence electrons. The lowest BCUT2D eigenvalue weighted by Crippen LogP contribution is -2.31. The molecule has 1 aliphatic carbocycles. The maximum atomic E-state index is 8.92. The van der Waals surface area contributed by atoms with Crippen molar-refractivity contribution in [2.45, 2.75) is 25.9 Å². The summed E-state index contributed by atoms with van der Waals surface area (Å²) in [6.07, 6.45) is 1.96. The van der Waals surface area contributed by atoms with E-state index in [1.807, 2.05) is 0 Å². The van der Waals surface area contributed by atoms with Crippen LogP contribution < -0.4 is 5.32 Å². The van der Waals surface area contributed by atoms with Gasteiger partial charge in [0.05, 0.1) is 6.10 Å². The van der Waals surface area contributed by atoms with Gasteiger partial charge in [0.25, 0.3) is 0 Å². The molecule has 3 nitrogen and oxygen atoms in total. The van der Waals surface area contributed by atoms with Gasteiger partial charge >= 0.3 is 0 Å². The van der Waals surface area contributed by atoms with Crippen LogP contribution in [0.3, 0.4) is 0 Å². The van der Waals surface area contributed by atoms with Gasteiger partial charge in [0, 0.05) is 25.1 Å². The van der Waals surface area contributed by atoms with Crippen LogP contribution >= 0.6 is 0 Å². The minimum Gasteiger partial charge on any atom is -0.396 e. The Hall–Kier alpha value is -0.120. The largest absolute Gasteiger partial charge is 0.396 e. The Kier molecular flexibility index (Phi) is 2.87. The van der Waals surface area contributed by atoms with Gasteiger partial charge in [-0.1, -0.05) is 0 Å². The van der Waals surface area contributed by atoms with Gasteiger partial charge in [0.2, 0.25) is 0 Å². The first-order chi connectivity index (χ1) is 5.18. The third-order valence-corrected chi connectivity index (χ3v) is 2.23. The summed E-state index contributed by atoms with van der Waals surface area (Å²) < 4.78 is 0. The third kappa shape index (κ3) is 2.77. The molecule has 0 unspecified atom stereocenters. The molecule has 11 heavy (non-hydrogen) atoms. The molecule has 1 atom stereocenters. The lowest BCUT2D eigenvalue weighted by atomic mass is 10.1. The maximum Gasteiger partial charge on any atom is 0.0636 e. The maximum absolute atomic E-state index is 8.92. The second-order valence-corrected chi connectivity index (χ2v) is 3.64. The van der Waals surface area contributed by atoms with E-state index in [1.165, 1.54) is 0 Å². The number of hydrogen-bond acceptors (Lipinski definition) is 3. The molecule has 1 fully saturated rings. The van der Waals surface area contributed by atoms with Crippen LogP contribution in [-0.4, -0.2) is 36.0 Å². The Morgan fingerprint density at radius 2 is 2.18 bits per heavy atom. The summed E-state index contributed by atoms with van der Waals surface area (Å²) >= 11 is 0. The molecule has 0 amide bonds. The smallest absolute Gasteiger partial charge is 0.0636 e. The van der Waals surface area contributed by atoms with Gasteiger partial charge < -0.3 is 15.5 Å². The van der Waals surface area contributed by atoms with E-state index in [2.05, 4.69) is 5.32 Å². The third-order valence-electron chi connectivity index (χ3n) is 2.23. The van der Waals surface area contributed by atoms with Crippen molar-refractivity contribution in [2.24, 2.45) is 5.41 Å². The molecule has 3 N–H and O–H groups in total. The van der Waals surface area contributed by atoms with Crippen LogP contribution in [0.15, 0.2) is 0 Å². The predicted molar refractivity (Wildman–Crippen MR) is 43.3 cm³/mol. The highest BCUT2D eigenvalue weighted by Crippen LogP contribution is 2.44. The molecular weight excluding hydrogens is 142 g/mol. The molecule has 0 bridgehead atoms. The summed E-state index contributed by atoms with van der Waals surface area (Å²) in [5.74, 6) is 0. The lowest BCUT2D eigenvalue weighted by molar-refractivity contribution is 0.174. The quantitative estimate of drug-likeness (QED) is 0.517. The first-order valence-electron chi connectivity index (χ1n) is 4.18. The molecule has 0 aromatic carbocycles. The molecule has 0 radical (unpaired) electrons. The SMILES string of the molecule is C[C@@H](O)CNCC1(CO)CC1. The Bertz CT molecular complexity index is 121. The second-order valence-electron chi connectivity index (χ2n) is 3.64. The molecule has 0 heterocycles. The van der Waals surface area contributed by atoms with Crippen LogP contribution in [0.5, 0.6) is 0 Å². The fourth-order valence-electron chi connectivity index (χ4n) is 1.11. The van der Waals surface area contributed by atoms with Crippen LogP contribution in [0.4, 0.5) is 0 Å². The van der Waals surface area contributed by atoms with Crippen molar-refractivity contribution in [1.29, 1.82) is 0 Å². The highest BCUT2D eigenvalue weighted by atomic mass is 16.3. The van der Waals surface area contributed by atoms with E-state index < -0.39 is 0 Å². The zero-order valence-corrected chi connectivity index (χ0v) is 7.01. The van der Waals surface area contributed by atoms with Crippen LogP contribution in [0.2, 0.25) is 0 Å². The van der Waals surface area contributed by atoms with Crippen molar-refractivity contribution in [3.05, 3.63) is 0 Å². The summed E-state index contributed by atoms with van der Waals surface area (Å²) in [5, 5.41) is 21.0. The second kappa shape index (κ2) is 3.52. The monoisotopic (exact) mass is 159 g/mol. The van der Waals surface area contributed by atoms with Crippen molar-refractivity contribution in [2.75, 3.05) is 19.7 Å². The molecular formula is C8H17NO2. The van der Waals surface area contributed by atoms with Crippen LogP contribution in [0, 0.1) is 5.41 Å². The zero-order valence-electron chi connectivity index (χ0n) is 7.01. The topological polar surface area (TPSA) is 52.5 Å². The van der Waals surface area contributed by atoms with Gasteiger partial charge in [0.1, 0.15) is 0 Å². The van der Waals surface area contributed by atoms with Gasteiger partial charge in [-0.15, -0.1) is 0 Å². The highest BCUT2D eigenvalue weighted by Gasteiger charge is 2.41. The van der Waals surface area contributed by atoms with Gasteiger partial charge in [-0.05, 0) is 19.8 Å². The fourth-order valence-corrected chi connectivity index (χ4v) is 1.11. The summed E-state index contributed by atoms with van der Waals surface area (Å²) in [5.41, 5.74) is 0.162. The van der Waals surface area contributed by atoms with Crippen molar-refractivity contribution in [3.63, 3.8) is 0 Å². The minimum atomic E-state index is -0.288. The fraction of sp³-hybridized carbons (Fsp3) is 1.00. The summed E-state index contributed by atoms with van der Waals surface area (Å²) in [6, 6.07) is 0. The van der Waals surface area contributed by atoms with E-state index in [4.69, 9.17) is 10.2 Å². The number of aliphatic hydroxyl groups excluding tert-OH is 2. The van der Waals surface area contributed by atoms with Gasteiger partial charge in [-0.3, -0.25) is 0 Å². The Labute approximate surface area is 67.4 Å². The average Bonchev–Trinajstić information content (AvgIpc) is 2.69. The normalized spacial score (nSPS) is 23.2. The molecule has 0 saturated heterocycles. The van der Waals surface area contributed by atoms with Crippen molar-refractivity contribution in [1.82, 2.24) is 5.32 Å². The van der Waals surface area contributed by atoms with Crippen molar-refractivity contribution >= 4 is 0 Å². The standard InChI is InChI=1S/C8H17NO2/c1-7(11)4-9-5-8(6-10)2-3-8/h7,9-11H,2-6H2,1H3/t7-/m1/s1. The number of aliphatic hydroxyl groups is 2. The Morgan fingerprint density at radius 3 is 2.55 bits per heavy atom. The van der Waals surface area contributed by atoms with E-state index in [-0.39, 0.29) is 18.1 Å². The van der Waals surface area contributed by atoms with Crippen LogP contribution in [0.25, 0.3) is 0 Å². The Morgan fingerprint density at radius 1 is 1.55 bits per heavy atom. The number of rotatable bonds is 5. The molecule has 1 rings (SSSR count). The predicted octanol–water partition coefficient (Wildman–Crippen LogP) is -0.271. The highest BCUT2D eigenvalue weighted by molar-refractivity contribution is 4.94. The zero-order chi connectivity index (χ0) is 8.32. The summed E-state index contributed by atoms with van der Waals surface area (Å²) in [7, 11) is 0.